The van der Waals surface area contributed by atoms with E-state index in [1.807, 2.05) is 37.3 Å². The van der Waals surface area contributed by atoms with Crippen LogP contribution in [0.3, 0.4) is 0 Å². The predicted molar refractivity (Wildman–Crippen MR) is 67.5 cm³/mol. The van der Waals surface area contributed by atoms with Gasteiger partial charge in [-0.3, -0.25) is 0 Å². The van der Waals surface area contributed by atoms with Crippen molar-refractivity contribution in [1.82, 2.24) is 9.59 Å². The Morgan fingerprint density at radius 2 is 2.00 bits per heavy atom. The Labute approximate surface area is 104 Å². The van der Waals surface area contributed by atoms with Gasteiger partial charge in [-0.2, -0.15) is 0 Å². The lowest BCUT2D eigenvalue weighted by Gasteiger charge is -2.21. The highest BCUT2D eigenvalue weighted by atomic mass is 32.1. The van der Waals surface area contributed by atoms with E-state index in [9.17, 15) is 5.11 Å². The van der Waals surface area contributed by atoms with Crippen LogP contribution in [-0.2, 0) is 5.60 Å². The van der Waals surface area contributed by atoms with E-state index in [2.05, 4.69) is 21.4 Å². The highest BCUT2D eigenvalue weighted by Crippen LogP contribution is 2.32. The molecule has 0 amide bonds. The fourth-order valence-corrected chi connectivity index (χ4v) is 2.40. The summed E-state index contributed by atoms with van der Waals surface area (Å²) in [5.41, 5.74) is 0.140. The van der Waals surface area contributed by atoms with Crippen LogP contribution in [0.1, 0.15) is 23.1 Å². The molecule has 1 aromatic carbocycles. The van der Waals surface area contributed by atoms with Gasteiger partial charge in [0, 0.05) is 5.56 Å². The molecule has 1 N–H and O–H groups in total. The standard InChI is InChI=1S/C13H12N2OS/c1-3-9-13(16,11-7-5-4-6-8-11)12-10(2)14-15-17-12/h4-8,16H,1-2H3/t13-/m1/s1. The number of aryl methyl sites for hydroxylation is 1. The molecule has 2 aromatic rings. The molecule has 1 atom stereocenters. The van der Waals surface area contributed by atoms with E-state index in [-0.39, 0.29) is 0 Å². The molecule has 2 rings (SSSR count). The third-order valence-corrected chi connectivity index (χ3v) is 3.41. The third-order valence-electron chi connectivity index (χ3n) is 2.48. The van der Waals surface area contributed by atoms with Crippen LogP contribution < -0.4 is 0 Å². The highest BCUT2D eigenvalue weighted by molar-refractivity contribution is 7.05. The SMILES string of the molecule is CC#C[C@@](O)(c1ccccc1)c1snnc1C. The topological polar surface area (TPSA) is 46.0 Å². The molecule has 0 fully saturated rings. The van der Waals surface area contributed by atoms with Crippen molar-refractivity contribution in [2.75, 3.05) is 0 Å². The van der Waals surface area contributed by atoms with Crippen molar-refractivity contribution in [3.8, 4) is 11.8 Å². The number of aromatic nitrogens is 2. The molecule has 17 heavy (non-hydrogen) atoms. The van der Waals surface area contributed by atoms with Crippen LogP contribution in [0.5, 0.6) is 0 Å². The minimum absolute atomic E-state index is 0.679. The zero-order chi connectivity index (χ0) is 12.3. The second-order valence-electron chi connectivity index (χ2n) is 3.64. The first-order valence-corrected chi connectivity index (χ1v) is 5.97. The smallest absolute Gasteiger partial charge is 0.189 e. The van der Waals surface area contributed by atoms with Crippen LogP contribution >= 0.6 is 11.5 Å². The van der Waals surface area contributed by atoms with E-state index in [0.717, 1.165) is 5.56 Å². The first-order chi connectivity index (χ1) is 8.18. The summed E-state index contributed by atoms with van der Waals surface area (Å²) in [6.45, 7) is 3.53. The maximum Gasteiger partial charge on any atom is 0.189 e. The quantitative estimate of drug-likeness (QED) is 0.823. The van der Waals surface area contributed by atoms with Gasteiger partial charge in [-0.25, -0.2) is 0 Å². The Morgan fingerprint density at radius 3 is 2.53 bits per heavy atom. The van der Waals surface area contributed by atoms with Gasteiger partial charge in [-0.05, 0) is 25.4 Å². The van der Waals surface area contributed by atoms with Gasteiger partial charge in [-0.1, -0.05) is 40.7 Å². The van der Waals surface area contributed by atoms with Gasteiger partial charge in [0.2, 0.25) is 0 Å². The molecule has 0 spiro atoms. The average Bonchev–Trinajstić information content (AvgIpc) is 2.77. The van der Waals surface area contributed by atoms with Crippen LogP contribution in [0.4, 0.5) is 0 Å². The molecule has 0 aliphatic carbocycles. The lowest BCUT2D eigenvalue weighted by molar-refractivity contribution is 0.148. The number of benzene rings is 1. The fraction of sp³-hybridized carbons (Fsp3) is 0.231. The second-order valence-corrected chi connectivity index (χ2v) is 4.39. The molecule has 1 aromatic heterocycles. The normalized spacial score (nSPS) is 13.6. The molecule has 0 bridgehead atoms. The Morgan fingerprint density at radius 1 is 1.29 bits per heavy atom. The zero-order valence-electron chi connectivity index (χ0n) is 9.64. The van der Waals surface area contributed by atoms with E-state index in [0.29, 0.717) is 10.6 Å². The summed E-state index contributed by atoms with van der Waals surface area (Å²) in [7, 11) is 0. The third kappa shape index (κ3) is 2.07. The Hall–Kier alpha value is -1.70. The minimum atomic E-state index is -1.31. The van der Waals surface area contributed by atoms with Gasteiger partial charge in [0.25, 0.3) is 0 Å². The Kier molecular flexibility index (Phi) is 3.23. The Bertz CT molecular complexity index is 568. The van der Waals surface area contributed by atoms with Crippen LogP contribution in [0, 0.1) is 18.8 Å². The molecule has 1 heterocycles. The van der Waals surface area contributed by atoms with Gasteiger partial charge in [0.1, 0.15) is 0 Å². The maximum atomic E-state index is 10.8. The van der Waals surface area contributed by atoms with Gasteiger partial charge in [0.05, 0.1) is 10.6 Å². The van der Waals surface area contributed by atoms with Crippen molar-refractivity contribution in [2.45, 2.75) is 19.4 Å². The summed E-state index contributed by atoms with van der Waals surface area (Å²) in [4.78, 5) is 0.679. The molecule has 3 nitrogen and oxygen atoms in total. The number of hydrogen-bond acceptors (Lipinski definition) is 4. The largest absolute Gasteiger partial charge is 0.369 e. The van der Waals surface area contributed by atoms with Crippen LogP contribution in [-0.4, -0.2) is 14.7 Å². The van der Waals surface area contributed by atoms with Crippen LogP contribution in [0.15, 0.2) is 30.3 Å². The summed E-state index contributed by atoms with van der Waals surface area (Å²) in [5.74, 6) is 5.63. The van der Waals surface area contributed by atoms with E-state index >= 15 is 0 Å². The summed E-state index contributed by atoms with van der Waals surface area (Å²) in [6.07, 6.45) is 0. The molecule has 0 aliphatic rings. The summed E-state index contributed by atoms with van der Waals surface area (Å²) in [6, 6.07) is 9.36. The molecule has 86 valence electrons. The number of hydrogen-bond donors (Lipinski definition) is 1. The zero-order valence-corrected chi connectivity index (χ0v) is 10.5. The number of nitrogens with zero attached hydrogens (tertiary/aromatic N) is 2. The Balaban J connectivity index is 2.62. The summed E-state index contributed by atoms with van der Waals surface area (Å²) < 4.78 is 3.86. The van der Waals surface area contributed by atoms with Crippen molar-refractivity contribution in [3.63, 3.8) is 0 Å². The summed E-state index contributed by atoms with van der Waals surface area (Å²) >= 11 is 1.18. The van der Waals surface area contributed by atoms with Gasteiger partial charge in [0.15, 0.2) is 5.60 Å². The molecule has 4 heteroatoms. The molecule has 0 saturated heterocycles. The van der Waals surface area contributed by atoms with Crippen molar-refractivity contribution >= 4 is 11.5 Å². The molecule has 0 unspecified atom stereocenters. The molecular weight excluding hydrogens is 232 g/mol. The van der Waals surface area contributed by atoms with Crippen molar-refractivity contribution in [3.05, 3.63) is 46.5 Å². The minimum Gasteiger partial charge on any atom is -0.369 e. The van der Waals surface area contributed by atoms with E-state index in [4.69, 9.17) is 0 Å². The number of aliphatic hydroxyl groups is 1. The number of rotatable bonds is 2. The predicted octanol–water partition coefficient (Wildman–Crippen LogP) is 2.11. The second kappa shape index (κ2) is 4.66. The van der Waals surface area contributed by atoms with E-state index in [1.54, 1.807) is 6.92 Å². The van der Waals surface area contributed by atoms with Gasteiger partial charge < -0.3 is 5.11 Å². The molecule has 0 radical (unpaired) electrons. The monoisotopic (exact) mass is 244 g/mol. The lowest BCUT2D eigenvalue weighted by Crippen LogP contribution is -2.25. The van der Waals surface area contributed by atoms with Crippen molar-refractivity contribution in [1.29, 1.82) is 0 Å². The average molecular weight is 244 g/mol. The fourth-order valence-electron chi connectivity index (χ4n) is 1.68. The first-order valence-electron chi connectivity index (χ1n) is 5.19. The first kappa shape index (κ1) is 11.8. The molecular formula is C13H12N2OS. The lowest BCUT2D eigenvalue weighted by atomic mass is 9.92. The van der Waals surface area contributed by atoms with E-state index in [1.165, 1.54) is 11.5 Å². The maximum absolute atomic E-state index is 10.8. The van der Waals surface area contributed by atoms with E-state index < -0.39 is 5.60 Å². The van der Waals surface area contributed by atoms with Gasteiger partial charge in [-0.15, -0.1) is 11.0 Å². The van der Waals surface area contributed by atoms with Crippen LogP contribution in [0.25, 0.3) is 0 Å². The summed E-state index contributed by atoms with van der Waals surface area (Å²) in [5, 5.41) is 14.7. The molecule has 0 saturated carbocycles. The van der Waals surface area contributed by atoms with Crippen molar-refractivity contribution < 1.29 is 5.11 Å². The van der Waals surface area contributed by atoms with Crippen molar-refractivity contribution in [2.24, 2.45) is 0 Å². The van der Waals surface area contributed by atoms with Gasteiger partial charge >= 0.3 is 0 Å². The van der Waals surface area contributed by atoms with Crippen LogP contribution in [0.2, 0.25) is 0 Å². The molecule has 0 aliphatic heterocycles. The highest BCUT2D eigenvalue weighted by Gasteiger charge is 2.33.